The minimum atomic E-state index is 0.206. The average Bonchev–Trinajstić information content (AvgIpc) is 2.89. The molecule has 1 aromatic carbocycles. The zero-order valence-electron chi connectivity index (χ0n) is 11.0. The standard InChI is InChI=1S/C15H20N4/c16-18-14(12-6-2-1-3-7-12)10-19-11-17-13-8-4-5-9-15(13)19/h4-6,8-9,11,14,18H,1-3,7,10,16H2. The number of rotatable bonds is 4. The van der Waals surface area contributed by atoms with Gasteiger partial charge >= 0.3 is 0 Å². The first-order valence-corrected chi connectivity index (χ1v) is 6.93. The molecule has 1 atom stereocenters. The fraction of sp³-hybridized carbons (Fsp3) is 0.400. The molecule has 2 aromatic rings. The van der Waals surface area contributed by atoms with Crippen LogP contribution in [0.25, 0.3) is 11.0 Å². The van der Waals surface area contributed by atoms with Gasteiger partial charge in [0.1, 0.15) is 0 Å². The van der Waals surface area contributed by atoms with Gasteiger partial charge in [-0.2, -0.15) is 0 Å². The zero-order valence-corrected chi connectivity index (χ0v) is 11.0. The van der Waals surface area contributed by atoms with E-state index >= 15 is 0 Å². The summed E-state index contributed by atoms with van der Waals surface area (Å²) in [6.07, 6.45) is 9.15. The van der Waals surface area contributed by atoms with Gasteiger partial charge in [-0.15, -0.1) is 0 Å². The molecule has 0 aliphatic heterocycles. The summed E-state index contributed by atoms with van der Waals surface area (Å²) in [4.78, 5) is 4.43. The van der Waals surface area contributed by atoms with E-state index in [1.807, 2.05) is 24.5 Å². The molecular formula is C15H20N4. The van der Waals surface area contributed by atoms with E-state index in [1.54, 1.807) is 0 Å². The van der Waals surface area contributed by atoms with E-state index in [4.69, 9.17) is 5.84 Å². The second kappa shape index (κ2) is 5.55. The van der Waals surface area contributed by atoms with E-state index in [0.29, 0.717) is 0 Å². The lowest BCUT2D eigenvalue weighted by atomic mass is 9.94. The van der Waals surface area contributed by atoms with Gasteiger partial charge in [0.2, 0.25) is 0 Å². The molecule has 1 aliphatic carbocycles. The Hall–Kier alpha value is -1.65. The predicted octanol–water partition coefficient (Wildman–Crippen LogP) is 2.37. The highest BCUT2D eigenvalue weighted by molar-refractivity contribution is 5.74. The summed E-state index contributed by atoms with van der Waals surface area (Å²) in [5.74, 6) is 5.74. The van der Waals surface area contributed by atoms with Crippen LogP contribution in [0, 0.1) is 0 Å². The van der Waals surface area contributed by atoms with Gasteiger partial charge in [-0.1, -0.05) is 23.8 Å². The van der Waals surface area contributed by atoms with Crippen LogP contribution in [0.3, 0.4) is 0 Å². The van der Waals surface area contributed by atoms with Crippen molar-refractivity contribution in [3.05, 3.63) is 42.2 Å². The SMILES string of the molecule is NNC(Cn1cnc2ccccc21)C1=CCCCC1. The maximum atomic E-state index is 5.74. The van der Waals surface area contributed by atoms with E-state index in [1.165, 1.54) is 30.4 Å². The number of hydrogen-bond acceptors (Lipinski definition) is 3. The molecule has 1 aromatic heterocycles. The lowest BCUT2D eigenvalue weighted by molar-refractivity contribution is 0.487. The van der Waals surface area contributed by atoms with Crippen molar-refractivity contribution < 1.29 is 0 Å². The number of hydrogen-bond donors (Lipinski definition) is 2. The molecule has 19 heavy (non-hydrogen) atoms. The Morgan fingerprint density at radius 2 is 2.21 bits per heavy atom. The van der Waals surface area contributed by atoms with Crippen molar-refractivity contribution in [1.29, 1.82) is 0 Å². The van der Waals surface area contributed by atoms with Gasteiger partial charge in [-0.05, 0) is 37.8 Å². The van der Waals surface area contributed by atoms with Crippen LogP contribution in [0.4, 0.5) is 0 Å². The number of para-hydroxylation sites is 2. The molecule has 0 saturated carbocycles. The Morgan fingerprint density at radius 1 is 1.32 bits per heavy atom. The van der Waals surface area contributed by atoms with Gasteiger partial charge in [0.05, 0.1) is 23.4 Å². The molecule has 1 unspecified atom stereocenters. The van der Waals surface area contributed by atoms with Crippen molar-refractivity contribution in [3.63, 3.8) is 0 Å². The Labute approximate surface area is 113 Å². The quantitative estimate of drug-likeness (QED) is 0.501. The Kier molecular flexibility index (Phi) is 3.62. The molecule has 100 valence electrons. The van der Waals surface area contributed by atoms with Gasteiger partial charge in [0.15, 0.2) is 0 Å². The largest absolute Gasteiger partial charge is 0.329 e. The van der Waals surface area contributed by atoms with E-state index in [0.717, 1.165) is 18.5 Å². The third-order valence-corrected chi connectivity index (χ3v) is 3.88. The highest BCUT2D eigenvalue weighted by Crippen LogP contribution is 2.22. The molecule has 0 fully saturated rings. The number of aromatic nitrogens is 2. The molecule has 0 amide bonds. The topological polar surface area (TPSA) is 55.9 Å². The van der Waals surface area contributed by atoms with Crippen LogP contribution in [-0.4, -0.2) is 15.6 Å². The van der Waals surface area contributed by atoms with Crippen molar-refractivity contribution >= 4 is 11.0 Å². The first kappa shape index (κ1) is 12.4. The van der Waals surface area contributed by atoms with Crippen LogP contribution in [0.5, 0.6) is 0 Å². The smallest absolute Gasteiger partial charge is 0.0958 e. The van der Waals surface area contributed by atoms with Crippen LogP contribution in [0.1, 0.15) is 25.7 Å². The summed E-state index contributed by atoms with van der Waals surface area (Å²) in [6, 6.07) is 8.41. The van der Waals surface area contributed by atoms with E-state index < -0.39 is 0 Å². The monoisotopic (exact) mass is 256 g/mol. The second-order valence-electron chi connectivity index (χ2n) is 5.13. The highest BCUT2D eigenvalue weighted by atomic mass is 15.2. The maximum Gasteiger partial charge on any atom is 0.0958 e. The molecule has 0 spiro atoms. The number of allylic oxidation sites excluding steroid dienone is 1. The number of nitrogens with two attached hydrogens (primary N) is 1. The van der Waals surface area contributed by atoms with Gasteiger partial charge in [0, 0.05) is 6.54 Å². The van der Waals surface area contributed by atoms with Crippen LogP contribution >= 0.6 is 0 Å². The molecule has 1 aliphatic rings. The third kappa shape index (κ3) is 2.55. The molecule has 0 saturated heterocycles. The molecule has 4 heteroatoms. The summed E-state index contributed by atoms with van der Waals surface area (Å²) in [6.45, 7) is 0.836. The zero-order chi connectivity index (χ0) is 13.1. The molecule has 0 bridgehead atoms. The van der Waals surface area contributed by atoms with Crippen molar-refractivity contribution in [2.75, 3.05) is 0 Å². The number of imidazole rings is 1. The van der Waals surface area contributed by atoms with Gasteiger partial charge in [0.25, 0.3) is 0 Å². The molecule has 3 rings (SSSR count). The number of nitrogens with one attached hydrogen (secondary N) is 1. The fourth-order valence-corrected chi connectivity index (χ4v) is 2.81. The first-order chi connectivity index (χ1) is 9.38. The summed E-state index contributed by atoms with van der Waals surface area (Å²) >= 11 is 0. The molecule has 0 radical (unpaired) electrons. The highest BCUT2D eigenvalue weighted by Gasteiger charge is 2.16. The van der Waals surface area contributed by atoms with Crippen LogP contribution in [0.2, 0.25) is 0 Å². The Bertz CT molecular complexity index is 585. The Balaban J connectivity index is 1.84. The lowest BCUT2D eigenvalue weighted by Crippen LogP contribution is -2.40. The van der Waals surface area contributed by atoms with Crippen LogP contribution in [-0.2, 0) is 6.54 Å². The van der Waals surface area contributed by atoms with Gasteiger partial charge in [-0.25, -0.2) is 4.98 Å². The van der Waals surface area contributed by atoms with E-state index in [-0.39, 0.29) is 6.04 Å². The normalized spacial score (nSPS) is 17.4. The maximum absolute atomic E-state index is 5.74. The second-order valence-corrected chi connectivity index (χ2v) is 5.13. The van der Waals surface area contributed by atoms with E-state index in [9.17, 15) is 0 Å². The minimum absolute atomic E-state index is 0.206. The molecule has 3 N–H and O–H groups in total. The van der Waals surface area contributed by atoms with E-state index in [2.05, 4.69) is 27.1 Å². The van der Waals surface area contributed by atoms with Crippen LogP contribution in [0.15, 0.2) is 42.2 Å². The predicted molar refractivity (Wildman–Crippen MR) is 77.4 cm³/mol. The minimum Gasteiger partial charge on any atom is -0.329 e. The van der Waals surface area contributed by atoms with Crippen molar-refractivity contribution in [3.8, 4) is 0 Å². The summed E-state index contributed by atoms with van der Waals surface area (Å²) in [5.41, 5.74) is 6.60. The number of nitrogens with zero attached hydrogens (tertiary/aromatic N) is 2. The lowest BCUT2D eigenvalue weighted by Gasteiger charge is -2.23. The first-order valence-electron chi connectivity index (χ1n) is 6.93. The van der Waals surface area contributed by atoms with Crippen LogP contribution < -0.4 is 11.3 Å². The van der Waals surface area contributed by atoms with Crippen molar-refractivity contribution in [1.82, 2.24) is 15.0 Å². The van der Waals surface area contributed by atoms with Crippen molar-refractivity contribution in [2.45, 2.75) is 38.3 Å². The fourth-order valence-electron chi connectivity index (χ4n) is 2.81. The van der Waals surface area contributed by atoms with Gasteiger partial charge < -0.3 is 4.57 Å². The van der Waals surface area contributed by atoms with Gasteiger partial charge in [-0.3, -0.25) is 11.3 Å². The number of hydrazine groups is 1. The molecule has 4 nitrogen and oxygen atoms in total. The average molecular weight is 256 g/mol. The summed E-state index contributed by atoms with van der Waals surface area (Å²) in [5, 5.41) is 0. The van der Waals surface area contributed by atoms with Crippen molar-refractivity contribution in [2.24, 2.45) is 5.84 Å². The number of benzene rings is 1. The summed E-state index contributed by atoms with van der Waals surface area (Å²) < 4.78 is 2.18. The number of fused-ring (bicyclic) bond motifs is 1. The molecular weight excluding hydrogens is 236 g/mol. The third-order valence-electron chi connectivity index (χ3n) is 3.88. The Morgan fingerprint density at radius 3 is 3.00 bits per heavy atom. The summed E-state index contributed by atoms with van der Waals surface area (Å²) in [7, 11) is 0. The molecule has 1 heterocycles.